The molecule has 12 heteroatoms. The van der Waals surface area contributed by atoms with Gasteiger partial charge in [-0.3, -0.25) is 8.37 Å². The first-order valence-corrected chi connectivity index (χ1v) is 12.0. The third kappa shape index (κ3) is 5.27. The van der Waals surface area contributed by atoms with Crippen LogP contribution in [0.2, 0.25) is 0 Å². The normalized spacial score (nSPS) is 34.0. The van der Waals surface area contributed by atoms with E-state index < -0.39 is 57.2 Å². The summed E-state index contributed by atoms with van der Waals surface area (Å²) in [5, 5.41) is 0. The van der Waals surface area contributed by atoms with Crippen molar-refractivity contribution >= 4 is 20.2 Å². The van der Waals surface area contributed by atoms with Crippen LogP contribution >= 0.6 is 0 Å². The lowest BCUT2D eigenvalue weighted by Gasteiger charge is -2.47. The quantitative estimate of drug-likeness (QED) is 0.567. The Morgan fingerprint density at radius 1 is 0.929 bits per heavy atom. The van der Waals surface area contributed by atoms with Gasteiger partial charge in [0, 0.05) is 12.7 Å². The zero-order valence-corrected chi connectivity index (χ0v) is 17.1. The lowest BCUT2D eigenvalue weighted by atomic mass is 9.98. The standard InChI is InChI=1S/C16H22O10S2/c1-21-16-14(26-28(3,19)20)13(25-27(2,17)18)12-11(23-16)9-22-15(24-12)10-7-5-4-6-8-10/h4-8,11-16H,9H2,1-3H3/t11?,12-,13-,14?,15?,16+/m1/s1. The number of hydrogen-bond acceptors (Lipinski definition) is 10. The van der Waals surface area contributed by atoms with Crippen LogP contribution in [0.4, 0.5) is 0 Å². The Labute approximate surface area is 163 Å². The molecule has 0 radical (unpaired) electrons. The molecular formula is C16H22O10S2. The van der Waals surface area contributed by atoms with Gasteiger partial charge >= 0.3 is 0 Å². The largest absolute Gasteiger partial charge is 0.353 e. The van der Waals surface area contributed by atoms with Gasteiger partial charge in [0.25, 0.3) is 20.2 Å². The molecule has 2 heterocycles. The van der Waals surface area contributed by atoms with E-state index in [4.69, 9.17) is 27.3 Å². The molecule has 6 atom stereocenters. The van der Waals surface area contributed by atoms with Crippen LogP contribution in [0, 0.1) is 0 Å². The summed E-state index contributed by atoms with van der Waals surface area (Å²) >= 11 is 0. The highest BCUT2D eigenvalue weighted by Crippen LogP contribution is 2.37. The van der Waals surface area contributed by atoms with Gasteiger partial charge < -0.3 is 18.9 Å². The van der Waals surface area contributed by atoms with E-state index in [9.17, 15) is 16.8 Å². The Morgan fingerprint density at radius 3 is 2.11 bits per heavy atom. The molecule has 0 aromatic heterocycles. The molecule has 0 bridgehead atoms. The molecule has 1 aromatic carbocycles. The Bertz CT molecular complexity index is 870. The maximum Gasteiger partial charge on any atom is 0.264 e. The van der Waals surface area contributed by atoms with Crippen molar-refractivity contribution in [2.75, 3.05) is 26.2 Å². The first kappa shape index (κ1) is 21.6. The van der Waals surface area contributed by atoms with Crippen molar-refractivity contribution in [1.82, 2.24) is 0 Å². The van der Waals surface area contributed by atoms with Gasteiger partial charge in [0.1, 0.15) is 18.3 Å². The van der Waals surface area contributed by atoms with Crippen molar-refractivity contribution in [3.63, 3.8) is 0 Å². The Morgan fingerprint density at radius 2 is 1.54 bits per heavy atom. The molecule has 0 N–H and O–H groups in total. The van der Waals surface area contributed by atoms with Crippen molar-refractivity contribution in [2.45, 2.75) is 37.0 Å². The molecule has 0 aliphatic carbocycles. The second-order valence-electron chi connectivity index (χ2n) is 6.49. The third-order valence-electron chi connectivity index (χ3n) is 4.16. The summed E-state index contributed by atoms with van der Waals surface area (Å²) in [5.41, 5.74) is 0.702. The van der Waals surface area contributed by atoms with Crippen molar-refractivity contribution in [3.8, 4) is 0 Å². The maximum atomic E-state index is 11.8. The second kappa shape index (κ2) is 8.32. The highest BCUT2D eigenvalue weighted by Gasteiger charge is 2.54. The Hall–Kier alpha value is -1.12. The fourth-order valence-corrected chi connectivity index (χ4v) is 4.36. The van der Waals surface area contributed by atoms with E-state index in [0.717, 1.165) is 12.5 Å². The number of methoxy groups -OCH3 is 1. The molecule has 10 nitrogen and oxygen atoms in total. The van der Waals surface area contributed by atoms with Gasteiger partial charge in [0.2, 0.25) is 0 Å². The van der Waals surface area contributed by atoms with Crippen LogP contribution in [-0.2, 0) is 47.5 Å². The monoisotopic (exact) mass is 438 g/mol. The number of benzene rings is 1. The molecule has 2 aliphatic heterocycles. The summed E-state index contributed by atoms with van der Waals surface area (Å²) in [5.74, 6) is 0. The molecule has 158 valence electrons. The van der Waals surface area contributed by atoms with E-state index in [1.165, 1.54) is 7.11 Å². The van der Waals surface area contributed by atoms with Crippen molar-refractivity contribution in [1.29, 1.82) is 0 Å². The minimum absolute atomic E-state index is 0.0549. The summed E-state index contributed by atoms with van der Waals surface area (Å²) in [6, 6.07) is 8.99. The van der Waals surface area contributed by atoms with E-state index in [1.54, 1.807) is 24.3 Å². The molecule has 1 aromatic rings. The SMILES string of the molecule is CO[C@H]1OC2COC(c3ccccc3)O[C@H]2[C@@H](OS(C)(=O)=O)C1OS(C)(=O)=O. The predicted octanol–water partition coefficient (Wildman–Crippen LogP) is 0.162. The molecule has 0 saturated carbocycles. The fraction of sp³-hybridized carbons (Fsp3) is 0.625. The highest BCUT2D eigenvalue weighted by atomic mass is 32.2. The Balaban J connectivity index is 1.93. The lowest BCUT2D eigenvalue weighted by Crippen LogP contribution is -2.64. The molecule has 0 spiro atoms. The minimum atomic E-state index is -3.98. The van der Waals surface area contributed by atoms with Crippen molar-refractivity contribution in [2.24, 2.45) is 0 Å². The molecule has 3 rings (SSSR count). The molecule has 0 amide bonds. The van der Waals surface area contributed by atoms with Crippen LogP contribution in [0.1, 0.15) is 11.9 Å². The number of fused-ring (bicyclic) bond motifs is 1. The predicted molar refractivity (Wildman–Crippen MR) is 95.1 cm³/mol. The van der Waals surface area contributed by atoms with Crippen LogP contribution < -0.4 is 0 Å². The second-order valence-corrected chi connectivity index (χ2v) is 9.69. The molecule has 28 heavy (non-hydrogen) atoms. The van der Waals surface area contributed by atoms with E-state index in [0.29, 0.717) is 5.56 Å². The van der Waals surface area contributed by atoms with Crippen LogP contribution in [0.5, 0.6) is 0 Å². The van der Waals surface area contributed by atoms with Gasteiger partial charge in [-0.1, -0.05) is 30.3 Å². The number of rotatable bonds is 6. The molecule has 2 fully saturated rings. The lowest BCUT2D eigenvalue weighted by molar-refractivity contribution is -0.351. The molecule has 3 unspecified atom stereocenters. The van der Waals surface area contributed by atoms with Crippen molar-refractivity contribution in [3.05, 3.63) is 35.9 Å². The first-order valence-electron chi connectivity index (χ1n) is 8.34. The van der Waals surface area contributed by atoms with Gasteiger partial charge in [0.15, 0.2) is 18.7 Å². The van der Waals surface area contributed by atoms with Crippen LogP contribution in [-0.4, -0.2) is 73.8 Å². The average molecular weight is 438 g/mol. The fourth-order valence-electron chi connectivity index (χ4n) is 3.13. The van der Waals surface area contributed by atoms with Gasteiger partial charge in [-0.25, -0.2) is 0 Å². The average Bonchev–Trinajstić information content (AvgIpc) is 2.61. The number of ether oxygens (including phenoxy) is 4. The molecular weight excluding hydrogens is 416 g/mol. The zero-order valence-electron chi connectivity index (χ0n) is 15.5. The van der Waals surface area contributed by atoms with E-state index >= 15 is 0 Å². The third-order valence-corrected chi connectivity index (χ3v) is 5.30. The van der Waals surface area contributed by atoms with Gasteiger partial charge in [0.05, 0.1) is 19.1 Å². The van der Waals surface area contributed by atoms with Gasteiger partial charge in [-0.15, -0.1) is 0 Å². The topological polar surface area (TPSA) is 124 Å². The summed E-state index contributed by atoms with van der Waals surface area (Å²) in [6.45, 7) is 0.0549. The van der Waals surface area contributed by atoms with Crippen LogP contribution in [0.15, 0.2) is 30.3 Å². The van der Waals surface area contributed by atoms with Crippen molar-refractivity contribution < 1.29 is 44.1 Å². The van der Waals surface area contributed by atoms with E-state index in [2.05, 4.69) is 0 Å². The van der Waals surface area contributed by atoms with Crippen LogP contribution in [0.3, 0.4) is 0 Å². The van der Waals surface area contributed by atoms with E-state index in [-0.39, 0.29) is 6.61 Å². The van der Waals surface area contributed by atoms with E-state index in [1.807, 2.05) is 6.07 Å². The smallest absolute Gasteiger partial charge is 0.264 e. The summed E-state index contributed by atoms with van der Waals surface area (Å²) in [6.07, 6.45) is -4.79. The molecule has 2 aliphatic rings. The maximum absolute atomic E-state index is 11.8. The number of hydrogen-bond donors (Lipinski definition) is 0. The highest BCUT2D eigenvalue weighted by molar-refractivity contribution is 7.86. The summed E-state index contributed by atoms with van der Waals surface area (Å²) in [4.78, 5) is 0. The van der Waals surface area contributed by atoms with Crippen LogP contribution in [0.25, 0.3) is 0 Å². The first-order chi connectivity index (χ1) is 13.1. The molecule has 2 saturated heterocycles. The van der Waals surface area contributed by atoms with Gasteiger partial charge in [-0.2, -0.15) is 16.8 Å². The zero-order chi connectivity index (χ0) is 20.5. The summed E-state index contributed by atoms with van der Waals surface area (Å²) < 4.78 is 79.7. The summed E-state index contributed by atoms with van der Waals surface area (Å²) in [7, 11) is -6.69. The van der Waals surface area contributed by atoms with Gasteiger partial charge in [-0.05, 0) is 0 Å². The minimum Gasteiger partial charge on any atom is -0.353 e. The Kier molecular flexibility index (Phi) is 6.41.